The minimum atomic E-state index is -4.25. The predicted octanol–water partition coefficient (Wildman–Crippen LogP) is 5.46. The normalized spacial score (nSPS) is 42.6. The average molecular weight is 809 g/mol. The molecule has 6 rings (SSSR count). The maximum absolute atomic E-state index is 13.1. The minimum Gasteiger partial charge on any atom is -0.390 e. The van der Waals surface area contributed by atoms with E-state index in [1.807, 2.05) is 0 Å². The van der Waals surface area contributed by atoms with Crippen LogP contribution >= 0.6 is 24.1 Å². The second-order valence-electron chi connectivity index (χ2n) is 16.2. The van der Waals surface area contributed by atoms with Crippen LogP contribution in [0.15, 0.2) is 20.5 Å². The van der Waals surface area contributed by atoms with Gasteiger partial charge in [0.2, 0.25) is 5.91 Å². The Morgan fingerprint density at radius 2 is 1.45 bits per heavy atom. The van der Waals surface area contributed by atoms with E-state index in [4.69, 9.17) is 41.0 Å². The van der Waals surface area contributed by atoms with Crippen molar-refractivity contribution in [3.8, 4) is 0 Å². The summed E-state index contributed by atoms with van der Waals surface area (Å²) in [5, 5.41) is 57.7. The summed E-state index contributed by atoms with van der Waals surface area (Å²) < 4.78 is 44.0. The van der Waals surface area contributed by atoms with Crippen molar-refractivity contribution < 1.29 is 52.1 Å². The fraction of sp³-hybridized carbons (Fsp3) is 0.970. The van der Waals surface area contributed by atoms with Crippen molar-refractivity contribution in [3.63, 3.8) is 0 Å². The summed E-state index contributed by atoms with van der Waals surface area (Å²) in [4.78, 5) is 13.1. The molecule has 6 aliphatic rings. The number of carbonyl (C=O) groups excluding carboxylic acids is 1. The van der Waals surface area contributed by atoms with Crippen LogP contribution in [-0.2, 0) is 33.7 Å². The molecule has 0 saturated heterocycles. The fourth-order valence-electron chi connectivity index (χ4n) is 10.2. The van der Waals surface area contributed by atoms with Crippen molar-refractivity contribution in [3.05, 3.63) is 0 Å². The Labute approximate surface area is 319 Å². The lowest BCUT2D eigenvalue weighted by atomic mass is 9.66. The van der Waals surface area contributed by atoms with Gasteiger partial charge in [-0.25, -0.2) is 10.5 Å². The molecule has 0 heterocycles. The summed E-state index contributed by atoms with van der Waals surface area (Å²) in [6, 6.07) is -0.972. The van der Waals surface area contributed by atoms with E-state index in [2.05, 4.69) is 19.7 Å². The highest BCUT2D eigenvalue weighted by Crippen LogP contribution is 2.48. The molecule has 1 amide bonds. The van der Waals surface area contributed by atoms with Gasteiger partial charge in [-0.15, -0.1) is 8.67 Å². The Hall–Kier alpha value is -1.04. The van der Waals surface area contributed by atoms with Crippen molar-refractivity contribution >= 4 is 40.1 Å². The number of rotatable bonds is 13. The van der Waals surface area contributed by atoms with Crippen molar-refractivity contribution in [1.82, 2.24) is 5.32 Å². The molecule has 53 heavy (non-hydrogen) atoms. The van der Waals surface area contributed by atoms with E-state index in [0.29, 0.717) is 38.5 Å². The number of hydrogen-bond donors (Lipinski definition) is 6. The van der Waals surface area contributed by atoms with Crippen LogP contribution in [0.25, 0.3) is 0 Å². The van der Waals surface area contributed by atoms with Gasteiger partial charge in [0.1, 0.15) is 6.04 Å². The SMILES string of the molecule is NC1CCC2CC(SOOO)C(N=NC3CCC(N=NC4CCC(C(=O)NC5CCCC(SOOO)C5)CC4)C4CCC(S(=O)(=O)O)CC34)C(O)C2C1. The number of aliphatic hydroxyl groups is 1. The van der Waals surface area contributed by atoms with E-state index in [1.165, 1.54) is 0 Å². The average Bonchev–Trinajstić information content (AvgIpc) is 3.15. The molecule has 0 bridgehead atoms. The molecule has 0 aromatic carbocycles. The lowest BCUT2D eigenvalue weighted by Gasteiger charge is -2.46. The first kappa shape index (κ1) is 41.6. The number of carbonyl (C=O) groups is 1. The molecule has 13 unspecified atom stereocenters. The third-order valence-corrected chi connectivity index (χ3v) is 16.0. The highest BCUT2D eigenvalue weighted by atomic mass is 32.2. The van der Waals surface area contributed by atoms with E-state index in [0.717, 1.165) is 88.3 Å². The van der Waals surface area contributed by atoms with Crippen molar-refractivity contribution in [2.75, 3.05) is 0 Å². The number of hydrogen-bond acceptors (Lipinski definition) is 17. The molecular weight excluding hydrogens is 753 g/mol. The largest absolute Gasteiger partial charge is 0.390 e. The van der Waals surface area contributed by atoms with E-state index in [1.54, 1.807) is 0 Å². The molecule has 0 aromatic heterocycles. The van der Waals surface area contributed by atoms with Crippen molar-refractivity contribution in [2.24, 2.45) is 55.8 Å². The highest BCUT2D eigenvalue weighted by Gasteiger charge is 2.49. The molecule has 6 aliphatic carbocycles. The third-order valence-electron chi connectivity index (χ3n) is 13.0. The van der Waals surface area contributed by atoms with Crippen LogP contribution in [0.2, 0.25) is 0 Å². The van der Waals surface area contributed by atoms with E-state index < -0.39 is 27.5 Å². The van der Waals surface area contributed by atoms with Crippen molar-refractivity contribution in [1.29, 1.82) is 0 Å². The first-order valence-electron chi connectivity index (χ1n) is 19.3. The van der Waals surface area contributed by atoms with Gasteiger partial charge in [-0.2, -0.15) is 28.9 Å². The maximum Gasteiger partial charge on any atom is 0.267 e. The zero-order valence-electron chi connectivity index (χ0n) is 29.9. The molecule has 0 aromatic rings. The van der Waals surface area contributed by atoms with Crippen LogP contribution in [0.5, 0.6) is 0 Å². The molecule has 17 nitrogen and oxygen atoms in total. The van der Waals surface area contributed by atoms with Gasteiger partial charge >= 0.3 is 0 Å². The van der Waals surface area contributed by atoms with Crippen LogP contribution < -0.4 is 11.1 Å². The molecule has 0 aliphatic heterocycles. The monoisotopic (exact) mass is 808 g/mol. The Kier molecular flexibility index (Phi) is 15.2. The van der Waals surface area contributed by atoms with Gasteiger partial charge in [-0.1, -0.05) is 16.5 Å². The van der Waals surface area contributed by atoms with Crippen LogP contribution in [0, 0.1) is 29.6 Å². The summed E-state index contributed by atoms with van der Waals surface area (Å²) in [6.07, 6.45) is 11.3. The fourth-order valence-corrected chi connectivity index (χ4v) is 12.6. The quantitative estimate of drug-likeness (QED) is 0.0444. The molecular formula is C33H56N6O11S3. The Bertz CT molecular complexity index is 1360. The van der Waals surface area contributed by atoms with Gasteiger partial charge in [0.05, 0.1) is 34.7 Å². The van der Waals surface area contributed by atoms with Gasteiger partial charge in [0.15, 0.2) is 0 Å². The number of azo groups is 2. The van der Waals surface area contributed by atoms with E-state index in [-0.39, 0.29) is 82.6 Å². The summed E-state index contributed by atoms with van der Waals surface area (Å²) in [7, 11) is -4.25. The van der Waals surface area contributed by atoms with Gasteiger partial charge in [0.25, 0.3) is 10.1 Å². The van der Waals surface area contributed by atoms with Crippen LogP contribution in [0.4, 0.5) is 0 Å². The minimum absolute atomic E-state index is 0.0108. The molecule has 13 atom stereocenters. The van der Waals surface area contributed by atoms with Gasteiger partial charge in [-0.05, 0) is 126 Å². The first-order chi connectivity index (χ1) is 25.5. The van der Waals surface area contributed by atoms with Crippen LogP contribution in [0.3, 0.4) is 0 Å². The van der Waals surface area contributed by atoms with Crippen LogP contribution in [-0.4, -0.2) is 92.6 Å². The van der Waals surface area contributed by atoms with Crippen molar-refractivity contribution in [2.45, 2.75) is 167 Å². The summed E-state index contributed by atoms with van der Waals surface area (Å²) in [5.74, 6) is 0.0274. The number of aliphatic hydroxyl groups excluding tert-OH is 1. The zero-order chi connectivity index (χ0) is 37.5. The lowest BCUT2D eigenvalue weighted by molar-refractivity contribution is -0.432. The smallest absolute Gasteiger partial charge is 0.267 e. The van der Waals surface area contributed by atoms with Gasteiger partial charge in [-0.3, -0.25) is 9.35 Å². The maximum atomic E-state index is 13.1. The number of nitrogens with two attached hydrogens (primary N) is 1. The highest BCUT2D eigenvalue weighted by molar-refractivity contribution is 7.95. The molecule has 20 heteroatoms. The molecule has 6 fully saturated rings. The summed E-state index contributed by atoms with van der Waals surface area (Å²) in [6.45, 7) is 0. The Morgan fingerprint density at radius 1 is 0.736 bits per heavy atom. The van der Waals surface area contributed by atoms with E-state index in [9.17, 15) is 22.9 Å². The molecule has 6 saturated carbocycles. The van der Waals surface area contributed by atoms with Crippen LogP contribution in [0.1, 0.15) is 109 Å². The number of fused-ring (bicyclic) bond motifs is 2. The zero-order valence-corrected chi connectivity index (χ0v) is 32.4. The summed E-state index contributed by atoms with van der Waals surface area (Å²) in [5.41, 5.74) is 6.26. The number of amides is 1. The molecule has 7 N–H and O–H groups in total. The first-order valence-corrected chi connectivity index (χ1v) is 22.4. The molecule has 0 radical (unpaired) electrons. The molecule has 302 valence electrons. The number of nitrogens with one attached hydrogen (secondary N) is 1. The topological polar surface area (TPSA) is 257 Å². The Morgan fingerprint density at radius 3 is 2.19 bits per heavy atom. The molecule has 0 spiro atoms. The van der Waals surface area contributed by atoms with Gasteiger partial charge in [0, 0.05) is 47.3 Å². The second-order valence-corrected chi connectivity index (χ2v) is 19.8. The van der Waals surface area contributed by atoms with Gasteiger partial charge < -0.3 is 16.2 Å². The standard InChI is InChI=1S/C33H56N6O11S3/c34-20-7-4-19-14-30(52-50-48-43)31(32(40)26(19)15-20)39-38-29-13-12-28(25-11-10-24(17-27(25)29)53(44,45)46)37-36-21-8-5-18(6-9-21)33(41)35-22-2-1-3-23(16-22)51-49-47-42/h18-32,40,42-43H,1-17,34H2,(H,35,41)(H,44,45,46). The second kappa shape index (κ2) is 19.4. The Balaban J connectivity index is 1.06. The summed E-state index contributed by atoms with van der Waals surface area (Å²) >= 11 is 2.00. The van der Waals surface area contributed by atoms with E-state index >= 15 is 0 Å². The lowest BCUT2D eigenvalue weighted by Crippen LogP contribution is -2.52. The number of nitrogens with zero attached hydrogens (tertiary/aromatic N) is 4. The predicted molar refractivity (Wildman–Crippen MR) is 194 cm³/mol. The third kappa shape index (κ3) is 10.9.